The summed E-state index contributed by atoms with van der Waals surface area (Å²) < 4.78 is 5.02. The van der Waals surface area contributed by atoms with Crippen molar-refractivity contribution in [3.63, 3.8) is 0 Å². The summed E-state index contributed by atoms with van der Waals surface area (Å²) in [6.45, 7) is 7.71. The zero-order valence-electron chi connectivity index (χ0n) is 9.57. The van der Waals surface area contributed by atoms with Gasteiger partial charge in [-0.1, -0.05) is 13.8 Å². The van der Waals surface area contributed by atoms with E-state index in [1.807, 2.05) is 0 Å². The summed E-state index contributed by atoms with van der Waals surface area (Å²) in [6.07, 6.45) is 0. The number of rotatable bonds is 8. The number of nitrogens with zero attached hydrogens (tertiary/aromatic N) is 1. The average molecular weight is 204 g/mol. The smallest absolute Gasteiger partial charge is 0.0595 e. The lowest BCUT2D eigenvalue weighted by atomic mass is 10.2. The van der Waals surface area contributed by atoms with Gasteiger partial charge in [0.25, 0.3) is 0 Å². The third-order valence-electron chi connectivity index (χ3n) is 1.96. The molecule has 0 saturated heterocycles. The van der Waals surface area contributed by atoms with Crippen molar-refractivity contribution in [2.75, 3.05) is 40.0 Å². The van der Waals surface area contributed by atoms with E-state index in [1.54, 1.807) is 7.11 Å². The summed E-state index contributed by atoms with van der Waals surface area (Å²) in [7, 11) is 1.69. The number of aliphatic hydroxyl groups excluding tert-OH is 1. The van der Waals surface area contributed by atoms with Gasteiger partial charge in [0.05, 0.1) is 13.2 Å². The third kappa shape index (κ3) is 7.26. The molecule has 0 aliphatic rings. The molecule has 0 radical (unpaired) electrons. The number of ether oxygens (including phenoxy) is 1. The van der Waals surface area contributed by atoms with Crippen molar-refractivity contribution in [1.29, 1.82) is 0 Å². The van der Waals surface area contributed by atoms with Crippen LogP contribution in [0.1, 0.15) is 13.8 Å². The van der Waals surface area contributed by atoms with Gasteiger partial charge in [-0.15, -0.1) is 0 Å². The van der Waals surface area contributed by atoms with Crippen molar-refractivity contribution in [3.8, 4) is 0 Å². The van der Waals surface area contributed by atoms with E-state index in [9.17, 15) is 0 Å². The lowest BCUT2D eigenvalue weighted by molar-refractivity contribution is 0.127. The molecule has 14 heavy (non-hydrogen) atoms. The highest BCUT2D eigenvalue weighted by Gasteiger charge is 2.10. The average Bonchev–Trinajstić information content (AvgIpc) is 2.13. The van der Waals surface area contributed by atoms with Crippen LogP contribution in [0.3, 0.4) is 0 Å². The van der Waals surface area contributed by atoms with Crippen molar-refractivity contribution >= 4 is 0 Å². The van der Waals surface area contributed by atoms with E-state index in [1.165, 1.54) is 0 Å². The zero-order valence-corrected chi connectivity index (χ0v) is 9.57. The van der Waals surface area contributed by atoms with Crippen molar-refractivity contribution in [2.24, 2.45) is 11.7 Å². The van der Waals surface area contributed by atoms with Crippen LogP contribution in [-0.4, -0.2) is 56.0 Å². The monoisotopic (exact) mass is 204 g/mol. The van der Waals surface area contributed by atoms with E-state index >= 15 is 0 Å². The van der Waals surface area contributed by atoms with Gasteiger partial charge in [-0.3, -0.25) is 4.90 Å². The molecule has 4 heteroatoms. The van der Waals surface area contributed by atoms with Crippen LogP contribution in [0.15, 0.2) is 0 Å². The molecule has 4 nitrogen and oxygen atoms in total. The zero-order chi connectivity index (χ0) is 11.0. The normalized spacial score (nSPS) is 13.9. The predicted octanol–water partition coefficient (Wildman–Crippen LogP) is -0.0896. The number of nitrogens with two attached hydrogens (primary N) is 1. The van der Waals surface area contributed by atoms with Crippen LogP contribution >= 0.6 is 0 Å². The topological polar surface area (TPSA) is 58.7 Å². The lowest BCUT2D eigenvalue weighted by Crippen LogP contribution is -2.42. The van der Waals surface area contributed by atoms with Crippen LogP contribution in [-0.2, 0) is 4.74 Å². The Morgan fingerprint density at radius 1 is 1.36 bits per heavy atom. The van der Waals surface area contributed by atoms with E-state index in [2.05, 4.69) is 18.7 Å². The summed E-state index contributed by atoms with van der Waals surface area (Å²) >= 11 is 0. The minimum atomic E-state index is -0.148. The third-order valence-corrected chi connectivity index (χ3v) is 1.96. The highest BCUT2D eigenvalue weighted by molar-refractivity contribution is 4.68. The summed E-state index contributed by atoms with van der Waals surface area (Å²) in [5.41, 5.74) is 5.69. The van der Waals surface area contributed by atoms with E-state index in [0.717, 1.165) is 19.6 Å². The molecule has 0 fully saturated rings. The van der Waals surface area contributed by atoms with Crippen LogP contribution in [0.4, 0.5) is 0 Å². The largest absolute Gasteiger partial charge is 0.395 e. The van der Waals surface area contributed by atoms with Crippen LogP contribution < -0.4 is 5.73 Å². The number of hydrogen-bond acceptors (Lipinski definition) is 4. The first kappa shape index (κ1) is 13.8. The minimum Gasteiger partial charge on any atom is -0.395 e. The molecule has 0 aromatic carbocycles. The van der Waals surface area contributed by atoms with E-state index in [4.69, 9.17) is 15.6 Å². The molecular formula is C10H24N2O2. The molecule has 0 amide bonds. The molecule has 0 spiro atoms. The van der Waals surface area contributed by atoms with Crippen LogP contribution in [0.5, 0.6) is 0 Å². The van der Waals surface area contributed by atoms with Gasteiger partial charge in [-0.2, -0.15) is 0 Å². The van der Waals surface area contributed by atoms with E-state index in [-0.39, 0.29) is 12.6 Å². The maximum Gasteiger partial charge on any atom is 0.0595 e. The van der Waals surface area contributed by atoms with Crippen molar-refractivity contribution in [1.82, 2.24) is 4.90 Å². The molecular weight excluding hydrogens is 180 g/mol. The van der Waals surface area contributed by atoms with Gasteiger partial charge in [-0.25, -0.2) is 0 Å². The van der Waals surface area contributed by atoms with Crippen molar-refractivity contribution in [2.45, 2.75) is 19.9 Å². The second-order valence-electron chi connectivity index (χ2n) is 4.09. The lowest BCUT2D eigenvalue weighted by Gasteiger charge is -2.26. The van der Waals surface area contributed by atoms with Crippen LogP contribution in [0.2, 0.25) is 0 Å². The summed E-state index contributed by atoms with van der Waals surface area (Å²) in [5.74, 6) is 0.609. The maximum atomic E-state index is 8.86. The Bertz CT molecular complexity index is 131. The fraction of sp³-hybridized carbons (Fsp3) is 1.00. The quantitative estimate of drug-likeness (QED) is 0.580. The summed E-state index contributed by atoms with van der Waals surface area (Å²) in [6, 6.07) is -0.148. The van der Waals surface area contributed by atoms with Gasteiger partial charge in [-0.05, 0) is 5.92 Å². The van der Waals surface area contributed by atoms with Crippen molar-refractivity contribution < 1.29 is 9.84 Å². The molecule has 0 bridgehead atoms. The summed E-state index contributed by atoms with van der Waals surface area (Å²) in [5, 5.41) is 8.86. The number of hydrogen-bond donors (Lipinski definition) is 2. The molecule has 0 saturated carbocycles. The fourth-order valence-electron chi connectivity index (χ4n) is 1.38. The molecule has 0 aliphatic carbocycles. The SMILES string of the molecule is COCCN(CC(C)C)CC(N)CO. The highest BCUT2D eigenvalue weighted by atomic mass is 16.5. The maximum absolute atomic E-state index is 8.86. The predicted molar refractivity (Wildman–Crippen MR) is 58.2 cm³/mol. The van der Waals surface area contributed by atoms with Crippen LogP contribution in [0, 0.1) is 5.92 Å². The molecule has 3 N–H and O–H groups in total. The Labute approximate surface area is 87.0 Å². The first-order valence-corrected chi connectivity index (χ1v) is 5.17. The molecule has 0 aliphatic heterocycles. The van der Waals surface area contributed by atoms with Gasteiger partial charge in [0.2, 0.25) is 0 Å². The number of aliphatic hydroxyl groups is 1. The van der Waals surface area contributed by atoms with E-state index < -0.39 is 0 Å². The van der Waals surface area contributed by atoms with Gasteiger partial charge < -0.3 is 15.6 Å². The second kappa shape index (κ2) is 8.17. The van der Waals surface area contributed by atoms with Gasteiger partial charge in [0.1, 0.15) is 0 Å². The Morgan fingerprint density at radius 3 is 2.43 bits per heavy atom. The van der Waals surface area contributed by atoms with Gasteiger partial charge in [0.15, 0.2) is 0 Å². The Kier molecular flexibility index (Phi) is 8.08. The molecule has 86 valence electrons. The highest BCUT2D eigenvalue weighted by Crippen LogP contribution is 1.99. The van der Waals surface area contributed by atoms with Crippen molar-refractivity contribution in [3.05, 3.63) is 0 Å². The standard InChI is InChI=1S/C10H24N2O2/c1-9(2)6-12(4-5-14-3)7-10(11)8-13/h9-10,13H,4-8,11H2,1-3H3. The van der Waals surface area contributed by atoms with Gasteiger partial charge >= 0.3 is 0 Å². The molecule has 0 rings (SSSR count). The first-order chi connectivity index (χ1) is 6.60. The Morgan fingerprint density at radius 2 is 2.00 bits per heavy atom. The second-order valence-corrected chi connectivity index (χ2v) is 4.09. The first-order valence-electron chi connectivity index (χ1n) is 5.17. The molecule has 1 atom stereocenters. The molecule has 1 unspecified atom stereocenters. The number of methoxy groups -OCH3 is 1. The Balaban J connectivity index is 3.83. The molecule has 0 heterocycles. The van der Waals surface area contributed by atoms with Gasteiger partial charge in [0, 0.05) is 32.8 Å². The fourth-order valence-corrected chi connectivity index (χ4v) is 1.38. The van der Waals surface area contributed by atoms with Crippen LogP contribution in [0.25, 0.3) is 0 Å². The molecule has 0 aromatic rings. The van der Waals surface area contributed by atoms with E-state index in [0.29, 0.717) is 12.5 Å². The Hall–Kier alpha value is -0.160. The minimum absolute atomic E-state index is 0.0432. The summed E-state index contributed by atoms with van der Waals surface area (Å²) in [4.78, 5) is 2.23. The molecule has 0 aromatic heterocycles.